The van der Waals surface area contributed by atoms with E-state index in [1.165, 1.54) is 28.0 Å². The van der Waals surface area contributed by atoms with Crippen LogP contribution in [-0.4, -0.2) is 17.1 Å². The van der Waals surface area contributed by atoms with Crippen molar-refractivity contribution in [1.82, 2.24) is 4.98 Å². The first-order chi connectivity index (χ1) is 14.1. The molecule has 0 unspecified atom stereocenters. The molecule has 0 saturated carbocycles. The maximum absolute atomic E-state index is 12.9. The number of aromatic nitrogens is 1. The highest BCUT2D eigenvalue weighted by molar-refractivity contribution is 9.10. The minimum Gasteiger partial charge on any atom is -0.267 e. The van der Waals surface area contributed by atoms with Gasteiger partial charge in [0.15, 0.2) is 0 Å². The van der Waals surface area contributed by atoms with E-state index < -0.39 is 0 Å². The lowest BCUT2D eigenvalue weighted by Gasteiger charge is -2.11. The van der Waals surface area contributed by atoms with Crippen LogP contribution in [0.25, 0.3) is 16.3 Å². The molecule has 2 heterocycles. The second kappa shape index (κ2) is 8.82. The van der Waals surface area contributed by atoms with E-state index in [0.29, 0.717) is 5.13 Å². The van der Waals surface area contributed by atoms with E-state index in [9.17, 15) is 4.79 Å². The predicted octanol–water partition coefficient (Wildman–Crippen LogP) is 6.51. The Balaban J connectivity index is 1.68. The van der Waals surface area contributed by atoms with E-state index in [1.54, 1.807) is 23.6 Å². The van der Waals surface area contributed by atoms with Crippen molar-refractivity contribution >= 4 is 72.1 Å². The highest BCUT2D eigenvalue weighted by atomic mass is 79.9. The minimum atomic E-state index is -0.250. The highest BCUT2D eigenvalue weighted by Crippen LogP contribution is 2.31. The van der Waals surface area contributed by atoms with E-state index in [-0.39, 0.29) is 5.91 Å². The summed E-state index contributed by atoms with van der Waals surface area (Å²) in [5.74, 6) is -0.250. The Kier molecular flexibility index (Phi) is 5.99. The monoisotopic (exact) mass is 481 g/mol. The molecular formula is C22H16BrN3OS2. The lowest BCUT2D eigenvalue weighted by Crippen LogP contribution is -2.23. The fourth-order valence-electron chi connectivity index (χ4n) is 2.56. The first-order valence-electron chi connectivity index (χ1n) is 8.81. The molecule has 4 aromatic rings. The number of halogens is 1. The number of anilines is 1. The third-order valence-electron chi connectivity index (χ3n) is 4.06. The molecule has 0 spiro atoms. The van der Waals surface area contributed by atoms with Gasteiger partial charge in [0.2, 0.25) is 5.13 Å². The number of hydrogen-bond acceptors (Lipinski definition) is 5. The van der Waals surface area contributed by atoms with Crippen LogP contribution in [0.3, 0.4) is 0 Å². The molecule has 0 aliphatic rings. The summed E-state index contributed by atoms with van der Waals surface area (Å²) >= 11 is 6.48. The minimum absolute atomic E-state index is 0.250. The van der Waals surface area contributed by atoms with Crippen LogP contribution in [0.4, 0.5) is 5.13 Å². The van der Waals surface area contributed by atoms with Crippen molar-refractivity contribution < 1.29 is 4.79 Å². The van der Waals surface area contributed by atoms with Crippen LogP contribution < -0.4 is 5.01 Å². The van der Waals surface area contributed by atoms with E-state index in [1.807, 2.05) is 66.9 Å². The summed E-state index contributed by atoms with van der Waals surface area (Å²) in [6.45, 7) is 2.03. The Labute approximate surface area is 185 Å². The number of thiazole rings is 1. The Morgan fingerprint density at radius 2 is 2.00 bits per heavy atom. The smallest absolute Gasteiger partial charge is 0.267 e. The van der Waals surface area contributed by atoms with Crippen molar-refractivity contribution in [1.29, 1.82) is 0 Å². The predicted molar refractivity (Wildman–Crippen MR) is 127 cm³/mol. The molecule has 0 N–H and O–H groups in total. The zero-order chi connectivity index (χ0) is 20.2. The molecule has 2 aromatic carbocycles. The molecule has 0 aliphatic heterocycles. The van der Waals surface area contributed by atoms with Gasteiger partial charge < -0.3 is 0 Å². The lowest BCUT2D eigenvalue weighted by atomic mass is 10.2. The van der Waals surface area contributed by atoms with Crippen molar-refractivity contribution in [3.63, 3.8) is 0 Å². The van der Waals surface area contributed by atoms with E-state index >= 15 is 0 Å². The Bertz CT molecular complexity index is 1190. The van der Waals surface area contributed by atoms with Crippen molar-refractivity contribution in [3.8, 4) is 0 Å². The molecule has 1 amide bonds. The molecule has 0 saturated heterocycles. The zero-order valence-electron chi connectivity index (χ0n) is 15.4. The van der Waals surface area contributed by atoms with Crippen molar-refractivity contribution in [2.24, 2.45) is 5.10 Å². The van der Waals surface area contributed by atoms with E-state index in [0.717, 1.165) is 25.1 Å². The van der Waals surface area contributed by atoms with Crippen LogP contribution in [0, 0.1) is 6.92 Å². The third-order valence-corrected chi connectivity index (χ3v) is 6.39. The number of hydrogen-bond donors (Lipinski definition) is 0. The van der Waals surface area contributed by atoms with E-state index in [4.69, 9.17) is 0 Å². The molecule has 29 heavy (non-hydrogen) atoms. The molecule has 0 radical (unpaired) electrons. The molecular weight excluding hydrogens is 466 g/mol. The molecule has 2 aromatic heterocycles. The molecule has 0 atom stereocenters. The molecule has 7 heteroatoms. The molecule has 4 rings (SSSR count). The van der Waals surface area contributed by atoms with Gasteiger partial charge in [0.25, 0.3) is 5.91 Å². The fourth-order valence-corrected chi connectivity index (χ4v) is 4.66. The Morgan fingerprint density at radius 3 is 2.76 bits per heavy atom. The van der Waals surface area contributed by atoms with Gasteiger partial charge in [0.1, 0.15) is 0 Å². The maximum Gasteiger partial charge on any atom is 0.273 e. The third kappa shape index (κ3) is 4.87. The summed E-state index contributed by atoms with van der Waals surface area (Å²) in [6.07, 6.45) is 5.00. The maximum atomic E-state index is 12.9. The standard InChI is InChI=1S/C22H16BrN3OS2/c1-15-4-6-16(7-5-15)14-24-26(21(27)11-9-18-3-2-12-28-18)22-25-19-10-8-17(23)13-20(19)29-22/h2-14H,1H3/b11-9+,24-14+. The fraction of sp³-hybridized carbons (Fsp3) is 0.0455. The quantitative estimate of drug-likeness (QED) is 0.185. The van der Waals surface area contributed by atoms with Gasteiger partial charge >= 0.3 is 0 Å². The summed E-state index contributed by atoms with van der Waals surface area (Å²) in [4.78, 5) is 18.6. The average Bonchev–Trinajstić information content (AvgIpc) is 3.37. The second-order valence-electron chi connectivity index (χ2n) is 6.26. The van der Waals surface area contributed by atoms with Crippen LogP contribution in [0.1, 0.15) is 16.0 Å². The Hall–Kier alpha value is -2.61. The number of fused-ring (bicyclic) bond motifs is 1. The van der Waals surface area contributed by atoms with Gasteiger partial charge in [-0.1, -0.05) is 63.2 Å². The van der Waals surface area contributed by atoms with Crippen molar-refractivity contribution in [3.05, 3.63) is 86.5 Å². The van der Waals surface area contributed by atoms with Gasteiger partial charge in [0.05, 0.1) is 16.4 Å². The number of rotatable bonds is 5. The number of thiophene rings is 1. The molecule has 0 bridgehead atoms. The lowest BCUT2D eigenvalue weighted by molar-refractivity contribution is -0.114. The number of carbonyl (C=O) groups excluding carboxylic acids is 1. The first kappa shape index (κ1) is 19.7. The van der Waals surface area contributed by atoms with Gasteiger partial charge in [-0.25, -0.2) is 4.98 Å². The first-order valence-corrected chi connectivity index (χ1v) is 11.3. The SMILES string of the molecule is Cc1ccc(/C=N/N(C(=O)/C=C/c2cccs2)c2nc3ccc(Br)cc3s2)cc1. The molecule has 144 valence electrons. The van der Waals surface area contributed by atoms with Crippen LogP contribution in [-0.2, 0) is 4.79 Å². The van der Waals surface area contributed by atoms with Gasteiger partial charge in [0, 0.05) is 15.4 Å². The van der Waals surface area contributed by atoms with Gasteiger partial charge in [-0.2, -0.15) is 10.1 Å². The topological polar surface area (TPSA) is 45.6 Å². The number of nitrogens with zero attached hydrogens (tertiary/aromatic N) is 3. The number of hydrazone groups is 1. The van der Waals surface area contributed by atoms with Crippen LogP contribution in [0.15, 0.2) is 75.6 Å². The zero-order valence-corrected chi connectivity index (χ0v) is 18.7. The second-order valence-corrected chi connectivity index (χ2v) is 9.17. The van der Waals surface area contributed by atoms with Crippen molar-refractivity contribution in [2.75, 3.05) is 5.01 Å². The summed E-state index contributed by atoms with van der Waals surface area (Å²) < 4.78 is 1.96. The van der Waals surface area contributed by atoms with Gasteiger partial charge in [-0.05, 0) is 48.2 Å². The van der Waals surface area contributed by atoms with Crippen LogP contribution in [0.2, 0.25) is 0 Å². The summed E-state index contributed by atoms with van der Waals surface area (Å²) in [7, 11) is 0. The molecule has 4 nitrogen and oxygen atoms in total. The summed E-state index contributed by atoms with van der Waals surface area (Å²) in [5.41, 5.74) is 2.92. The van der Waals surface area contributed by atoms with Crippen LogP contribution in [0.5, 0.6) is 0 Å². The number of carbonyl (C=O) groups is 1. The van der Waals surface area contributed by atoms with Gasteiger partial charge in [-0.3, -0.25) is 4.79 Å². The average molecular weight is 482 g/mol. The largest absolute Gasteiger partial charge is 0.273 e. The van der Waals surface area contributed by atoms with Gasteiger partial charge in [-0.15, -0.1) is 11.3 Å². The van der Waals surface area contributed by atoms with Crippen molar-refractivity contribution in [2.45, 2.75) is 6.92 Å². The number of aryl methyl sites for hydroxylation is 1. The summed E-state index contributed by atoms with van der Waals surface area (Å²) in [5, 5.41) is 8.31. The number of benzene rings is 2. The van der Waals surface area contributed by atoms with E-state index in [2.05, 4.69) is 26.0 Å². The highest BCUT2D eigenvalue weighted by Gasteiger charge is 2.17. The summed E-state index contributed by atoms with van der Waals surface area (Å²) in [6, 6.07) is 17.7. The molecule has 0 aliphatic carbocycles. The normalized spacial score (nSPS) is 11.7. The van der Waals surface area contributed by atoms with Crippen LogP contribution >= 0.6 is 38.6 Å². The Morgan fingerprint density at radius 1 is 1.17 bits per heavy atom. The number of amides is 1. The molecule has 0 fully saturated rings.